The predicted molar refractivity (Wildman–Crippen MR) is 133 cm³/mol. The van der Waals surface area contributed by atoms with E-state index in [1.54, 1.807) is 14.2 Å². The van der Waals surface area contributed by atoms with Crippen LogP contribution in [0, 0.1) is 0 Å². The van der Waals surface area contributed by atoms with Crippen molar-refractivity contribution in [3.63, 3.8) is 0 Å². The zero-order valence-electron chi connectivity index (χ0n) is 18.2. The number of methoxy groups -OCH3 is 1. The van der Waals surface area contributed by atoms with Gasteiger partial charge in [0.15, 0.2) is 5.96 Å². The fourth-order valence-corrected chi connectivity index (χ4v) is 4.14. The maximum absolute atomic E-state index is 12.2. The first-order chi connectivity index (χ1) is 14.2. The quantitative estimate of drug-likeness (QED) is 0.337. The van der Waals surface area contributed by atoms with Gasteiger partial charge < -0.3 is 25.2 Å². The number of ether oxygens (including phenoxy) is 1. The lowest BCUT2D eigenvalue weighted by atomic mass is 9.95. The molecule has 168 valence electrons. The van der Waals surface area contributed by atoms with Crippen molar-refractivity contribution < 1.29 is 9.53 Å². The van der Waals surface area contributed by atoms with Gasteiger partial charge in [0, 0.05) is 57.9 Å². The molecular weight excluding hydrogens is 493 g/mol. The van der Waals surface area contributed by atoms with Gasteiger partial charge in [-0.25, -0.2) is 0 Å². The van der Waals surface area contributed by atoms with Crippen LogP contribution in [-0.2, 0) is 4.79 Å². The lowest BCUT2D eigenvalue weighted by Crippen LogP contribution is -2.53. The van der Waals surface area contributed by atoms with Crippen LogP contribution < -0.4 is 20.3 Å². The molecule has 2 N–H and O–H groups in total. The molecule has 8 heteroatoms. The molecule has 0 unspecified atom stereocenters. The lowest BCUT2D eigenvalue weighted by Gasteiger charge is -2.37. The molecule has 0 bridgehead atoms. The summed E-state index contributed by atoms with van der Waals surface area (Å²) in [5, 5.41) is 6.53. The number of nitrogens with one attached hydrogen (secondary N) is 2. The Hall–Kier alpha value is -1.71. The van der Waals surface area contributed by atoms with Crippen LogP contribution in [0.3, 0.4) is 0 Å². The number of carbonyl (C=O) groups is 1. The summed E-state index contributed by atoms with van der Waals surface area (Å²) in [5.74, 6) is 1.90. The molecule has 1 heterocycles. The maximum atomic E-state index is 12.2. The molecule has 2 fully saturated rings. The second-order valence-corrected chi connectivity index (χ2v) is 7.80. The first-order valence-corrected chi connectivity index (χ1v) is 10.8. The third-order valence-electron chi connectivity index (χ3n) is 5.83. The van der Waals surface area contributed by atoms with Crippen molar-refractivity contribution in [1.82, 2.24) is 15.5 Å². The third kappa shape index (κ3) is 7.21. The van der Waals surface area contributed by atoms with Gasteiger partial charge in [-0.15, -0.1) is 24.0 Å². The van der Waals surface area contributed by atoms with Gasteiger partial charge in [-0.1, -0.05) is 19.3 Å². The van der Waals surface area contributed by atoms with Crippen molar-refractivity contribution in [3.05, 3.63) is 24.3 Å². The molecule has 0 radical (unpaired) electrons. The Balaban J connectivity index is 0.00000320. The van der Waals surface area contributed by atoms with Gasteiger partial charge >= 0.3 is 0 Å². The van der Waals surface area contributed by atoms with Crippen molar-refractivity contribution in [2.24, 2.45) is 4.99 Å². The number of carbonyl (C=O) groups excluding carboxylic acids is 1. The Bertz CT molecular complexity index is 669. The molecule has 0 spiro atoms. The van der Waals surface area contributed by atoms with Crippen LogP contribution in [0.25, 0.3) is 0 Å². The van der Waals surface area contributed by atoms with E-state index >= 15 is 0 Å². The van der Waals surface area contributed by atoms with Crippen molar-refractivity contribution in [2.45, 2.75) is 44.6 Å². The summed E-state index contributed by atoms with van der Waals surface area (Å²) < 4.78 is 5.24. The van der Waals surface area contributed by atoms with Crippen molar-refractivity contribution in [3.8, 4) is 5.75 Å². The summed E-state index contributed by atoms with van der Waals surface area (Å²) in [5.41, 5.74) is 1.22. The minimum absolute atomic E-state index is 0. The summed E-state index contributed by atoms with van der Waals surface area (Å²) in [6.07, 6.45) is 6.51. The average Bonchev–Trinajstić information content (AvgIpc) is 2.78. The van der Waals surface area contributed by atoms with Gasteiger partial charge in [-0.3, -0.25) is 9.79 Å². The largest absolute Gasteiger partial charge is 0.497 e. The molecule has 7 nitrogen and oxygen atoms in total. The predicted octanol–water partition coefficient (Wildman–Crippen LogP) is 2.85. The summed E-state index contributed by atoms with van der Waals surface area (Å²) in [6.45, 7) is 4.30. The standard InChI is InChI=1S/C22H35N5O2.HI/c1-23-22(24-13-12-21(28)25-18-6-4-3-5-7-18)27-16-14-26(15-17-27)19-8-10-20(29-2)11-9-19;/h8-11,18H,3-7,12-17H2,1-2H3,(H,23,24)(H,25,28);1H. The number of benzene rings is 1. The average molecular weight is 529 g/mol. The SMILES string of the molecule is CN=C(NCCC(=O)NC1CCCCC1)N1CCN(c2ccc(OC)cc2)CC1.I. The number of hydrogen-bond acceptors (Lipinski definition) is 4. The molecule has 0 aromatic heterocycles. The van der Waals surface area contributed by atoms with E-state index in [9.17, 15) is 4.79 Å². The van der Waals surface area contributed by atoms with Gasteiger partial charge in [0.05, 0.1) is 7.11 Å². The van der Waals surface area contributed by atoms with Crippen LogP contribution in [-0.4, -0.2) is 69.7 Å². The first kappa shape index (κ1) is 24.6. The highest BCUT2D eigenvalue weighted by Crippen LogP contribution is 2.20. The number of guanidine groups is 1. The Morgan fingerprint density at radius 2 is 1.77 bits per heavy atom. The Kier molecular flexibility index (Phi) is 10.5. The molecule has 30 heavy (non-hydrogen) atoms. The number of amides is 1. The van der Waals surface area contributed by atoms with Crippen LogP contribution in [0.1, 0.15) is 38.5 Å². The van der Waals surface area contributed by atoms with Gasteiger partial charge in [-0.05, 0) is 37.1 Å². The topological polar surface area (TPSA) is 69.2 Å². The van der Waals surface area contributed by atoms with Crippen LogP contribution in [0.5, 0.6) is 5.75 Å². The number of aliphatic imine (C=N–C) groups is 1. The molecule has 1 aromatic rings. The molecule has 1 aliphatic heterocycles. The van der Waals surface area contributed by atoms with E-state index in [1.165, 1.54) is 24.9 Å². The van der Waals surface area contributed by atoms with Gasteiger partial charge in [0.2, 0.25) is 5.91 Å². The summed E-state index contributed by atoms with van der Waals surface area (Å²) in [4.78, 5) is 21.2. The van der Waals surface area contributed by atoms with E-state index in [0.29, 0.717) is 19.0 Å². The highest BCUT2D eigenvalue weighted by atomic mass is 127. The molecule has 1 amide bonds. The number of nitrogens with zero attached hydrogens (tertiary/aromatic N) is 3. The number of hydrogen-bond donors (Lipinski definition) is 2. The van der Waals surface area contributed by atoms with Crippen LogP contribution in [0.4, 0.5) is 5.69 Å². The number of halogens is 1. The normalized spacial score (nSPS) is 17.9. The number of anilines is 1. The molecule has 1 saturated heterocycles. The molecule has 1 saturated carbocycles. The molecule has 1 aromatic carbocycles. The summed E-state index contributed by atoms with van der Waals surface area (Å²) in [7, 11) is 3.49. The van der Waals surface area contributed by atoms with Gasteiger partial charge in [0.25, 0.3) is 0 Å². The van der Waals surface area contributed by atoms with Gasteiger partial charge in [0.1, 0.15) is 5.75 Å². The zero-order chi connectivity index (χ0) is 20.5. The first-order valence-electron chi connectivity index (χ1n) is 10.8. The minimum atomic E-state index is 0. The molecule has 3 rings (SSSR count). The van der Waals surface area contributed by atoms with Crippen molar-refractivity contribution >= 4 is 41.5 Å². The molecule has 1 aliphatic carbocycles. The van der Waals surface area contributed by atoms with E-state index in [-0.39, 0.29) is 29.9 Å². The lowest BCUT2D eigenvalue weighted by molar-refractivity contribution is -0.121. The Morgan fingerprint density at radius 1 is 1.10 bits per heavy atom. The van der Waals surface area contributed by atoms with E-state index < -0.39 is 0 Å². The van der Waals surface area contributed by atoms with E-state index in [4.69, 9.17) is 4.74 Å². The van der Waals surface area contributed by atoms with Crippen molar-refractivity contribution in [1.29, 1.82) is 0 Å². The van der Waals surface area contributed by atoms with E-state index in [1.807, 2.05) is 12.1 Å². The smallest absolute Gasteiger partial charge is 0.221 e. The number of piperazine rings is 1. The second kappa shape index (κ2) is 12.9. The minimum Gasteiger partial charge on any atom is -0.497 e. The second-order valence-electron chi connectivity index (χ2n) is 7.80. The van der Waals surface area contributed by atoms with E-state index in [2.05, 4.69) is 37.6 Å². The van der Waals surface area contributed by atoms with Crippen LogP contribution in [0.15, 0.2) is 29.3 Å². The Morgan fingerprint density at radius 3 is 2.37 bits per heavy atom. The summed E-state index contributed by atoms with van der Waals surface area (Å²) >= 11 is 0. The zero-order valence-corrected chi connectivity index (χ0v) is 20.6. The maximum Gasteiger partial charge on any atom is 0.221 e. The van der Waals surface area contributed by atoms with Crippen LogP contribution in [0.2, 0.25) is 0 Å². The van der Waals surface area contributed by atoms with Gasteiger partial charge in [-0.2, -0.15) is 0 Å². The monoisotopic (exact) mass is 529 g/mol. The highest BCUT2D eigenvalue weighted by molar-refractivity contribution is 14.0. The fraction of sp³-hybridized carbons (Fsp3) is 0.636. The molecular formula is C22H36IN5O2. The van der Waals surface area contributed by atoms with E-state index in [0.717, 1.165) is 50.7 Å². The Labute approximate surface area is 197 Å². The fourth-order valence-electron chi connectivity index (χ4n) is 4.14. The number of rotatable bonds is 6. The summed E-state index contributed by atoms with van der Waals surface area (Å²) in [6, 6.07) is 8.58. The highest BCUT2D eigenvalue weighted by Gasteiger charge is 2.20. The third-order valence-corrected chi connectivity index (χ3v) is 5.83. The van der Waals surface area contributed by atoms with Crippen molar-refractivity contribution in [2.75, 3.05) is 51.8 Å². The molecule has 0 atom stereocenters. The molecule has 2 aliphatic rings. The van der Waals surface area contributed by atoms with Crippen LogP contribution >= 0.6 is 24.0 Å².